The van der Waals surface area contributed by atoms with Crippen LogP contribution in [-0.2, 0) is 42.9 Å². The number of carbonyl (C=O) groups is 4. The molecule has 12 heteroatoms. The summed E-state index contributed by atoms with van der Waals surface area (Å²) in [5.41, 5.74) is 8.51. The minimum atomic E-state index is -1.47. The van der Waals surface area contributed by atoms with Crippen molar-refractivity contribution in [2.45, 2.75) is 58.4 Å². The molecule has 0 N–H and O–H groups in total. The number of carbonyl (C=O) groups excluding carboxylic acids is 4. The normalized spacial score (nSPS) is 27.5. The molecule has 1 rings (SSSR count). The van der Waals surface area contributed by atoms with Gasteiger partial charge in [-0.2, -0.15) is 0 Å². The molecule has 0 amide bonds. The van der Waals surface area contributed by atoms with E-state index in [1.165, 1.54) is 0 Å². The van der Waals surface area contributed by atoms with Gasteiger partial charge >= 0.3 is 23.9 Å². The molecule has 144 valence electrons. The Balaban J connectivity index is 3.32. The van der Waals surface area contributed by atoms with E-state index in [-0.39, 0.29) is 6.54 Å². The Morgan fingerprint density at radius 2 is 1.31 bits per heavy atom. The van der Waals surface area contributed by atoms with Crippen LogP contribution in [0.15, 0.2) is 5.11 Å². The van der Waals surface area contributed by atoms with Gasteiger partial charge in [0.15, 0.2) is 12.2 Å². The van der Waals surface area contributed by atoms with Gasteiger partial charge in [0.1, 0.15) is 6.10 Å². The highest BCUT2D eigenvalue weighted by Crippen LogP contribution is 2.29. The van der Waals surface area contributed by atoms with Crippen LogP contribution in [0.3, 0.4) is 0 Å². The molecule has 0 aliphatic carbocycles. The van der Waals surface area contributed by atoms with E-state index in [1.807, 2.05) is 0 Å². The average molecular weight is 373 g/mol. The Hall–Kier alpha value is -2.85. The standard InChI is InChI=1S/C14H19N3O9/c1-6(18)22-11-10(5-16-17-15)26-14(25-9(4)21)13(24-8(3)20)12(11)23-7(2)19/h10-14H,5H2,1-4H3/t10-,11+,12+,13-,14?/m1/s1. The molecule has 1 unspecified atom stereocenters. The molecule has 1 heterocycles. The quantitative estimate of drug-likeness (QED) is 0.210. The van der Waals surface area contributed by atoms with Crippen molar-refractivity contribution in [2.24, 2.45) is 5.11 Å². The average Bonchev–Trinajstić information content (AvgIpc) is 2.49. The van der Waals surface area contributed by atoms with Crippen molar-refractivity contribution in [2.75, 3.05) is 6.54 Å². The predicted octanol–water partition coefficient (Wildman–Crippen LogP) is 0.380. The molecule has 1 fully saturated rings. The van der Waals surface area contributed by atoms with Crippen molar-refractivity contribution in [1.82, 2.24) is 0 Å². The summed E-state index contributed by atoms with van der Waals surface area (Å²) < 4.78 is 25.8. The predicted molar refractivity (Wildman–Crippen MR) is 81.1 cm³/mol. The maximum atomic E-state index is 11.5. The Bertz CT molecular complexity index is 587. The van der Waals surface area contributed by atoms with Crippen LogP contribution >= 0.6 is 0 Å². The van der Waals surface area contributed by atoms with Crippen molar-refractivity contribution in [3.05, 3.63) is 10.4 Å². The molecule has 0 spiro atoms. The lowest BCUT2D eigenvalue weighted by Crippen LogP contribution is -2.62. The zero-order valence-corrected chi connectivity index (χ0v) is 14.6. The maximum absolute atomic E-state index is 11.5. The molecule has 12 nitrogen and oxygen atoms in total. The van der Waals surface area contributed by atoms with Gasteiger partial charge in [-0.15, -0.1) is 0 Å². The van der Waals surface area contributed by atoms with E-state index in [4.69, 9.17) is 29.2 Å². The topological polar surface area (TPSA) is 163 Å². The Kier molecular flexibility index (Phi) is 7.81. The first-order valence-electron chi connectivity index (χ1n) is 7.51. The van der Waals surface area contributed by atoms with Gasteiger partial charge in [0.2, 0.25) is 12.4 Å². The molecule has 0 saturated carbocycles. The molecule has 26 heavy (non-hydrogen) atoms. The second kappa shape index (κ2) is 9.59. The third-order valence-corrected chi connectivity index (χ3v) is 3.10. The van der Waals surface area contributed by atoms with Gasteiger partial charge in [-0.3, -0.25) is 19.2 Å². The van der Waals surface area contributed by atoms with Gasteiger partial charge in [0.05, 0.1) is 6.54 Å². The first kappa shape index (κ1) is 21.2. The summed E-state index contributed by atoms with van der Waals surface area (Å²) in [6.07, 6.45) is -6.59. The number of hydrogen-bond acceptors (Lipinski definition) is 10. The summed E-state index contributed by atoms with van der Waals surface area (Å²) >= 11 is 0. The summed E-state index contributed by atoms with van der Waals surface area (Å²) in [7, 11) is 0. The van der Waals surface area contributed by atoms with Crippen LogP contribution in [0, 0.1) is 0 Å². The number of ether oxygens (including phenoxy) is 5. The van der Waals surface area contributed by atoms with Gasteiger partial charge in [-0.1, -0.05) is 5.11 Å². The van der Waals surface area contributed by atoms with Crippen LogP contribution in [0.2, 0.25) is 0 Å². The fraction of sp³-hybridized carbons (Fsp3) is 0.714. The maximum Gasteiger partial charge on any atom is 0.305 e. The molecule has 0 aromatic heterocycles. The molecule has 1 aliphatic rings. The van der Waals surface area contributed by atoms with Gasteiger partial charge in [0.25, 0.3) is 0 Å². The summed E-state index contributed by atoms with van der Waals surface area (Å²) in [5.74, 6) is -3.05. The van der Waals surface area contributed by atoms with E-state index in [2.05, 4.69) is 10.0 Å². The number of azide groups is 1. The van der Waals surface area contributed by atoms with Crippen molar-refractivity contribution >= 4 is 23.9 Å². The van der Waals surface area contributed by atoms with Crippen LogP contribution in [0.5, 0.6) is 0 Å². The van der Waals surface area contributed by atoms with E-state index in [0.717, 1.165) is 27.7 Å². The van der Waals surface area contributed by atoms with Crippen LogP contribution < -0.4 is 0 Å². The first-order valence-corrected chi connectivity index (χ1v) is 7.51. The summed E-state index contributed by atoms with van der Waals surface area (Å²) in [4.78, 5) is 48.3. The number of esters is 4. The molecule has 0 bridgehead atoms. The SMILES string of the molecule is CC(=O)OC1O[C@H](CN=[N+]=[N-])[C@H](OC(C)=O)[C@H](OC(C)=O)[C@H]1OC(C)=O. The minimum Gasteiger partial charge on any atom is -0.456 e. The molecular weight excluding hydrogens is 354 g/mol. The molecule has 0 radical (unpaired) electrons. The van der Waals surface area contributed by atoms with Crippen molar-refractivity contribution < 1.29 is 42.9 Å². The van der Waals surface area contributed by atoms with E-state index in [0.29, 0.717) is 0 Å². The van der Waals surface area contributed by atoms with E-state index >= 15 is 0 Å². The molecule has 5 atom stereocenters. The Labute approximate surface area is 148 Å². The monoisotopic (exact) mass is 373 g/mol. The third-order valence-electron chi connectivity index (χ3n) is 3.10. The summed E-state index contributed by atoms with van der Waals surface area (Å²) in [6.45, 7) is 4.05. The van der Waals surface area contributed by atoms with Gasteiger partial charge in [0, 0.05) is 32.6 Å². The first-order chi connectivity index (χ1) is 12.1. The number of hydrogen-bond donors (Lipinski definition) is 0. The van der Waals surface area contributed by atoms with Crippen molar-refractivity contribution in [3.8, 4) is 0 Å². The highest BCUT2D eigenvalue weighted by Gasteiger charge is 2.52. The number of nitrogens with zero attached hydrogens (tertiary/aromatic N) is 3. The molecule has 0 aromatic carbocycles. The van der Waals surface area contributed by atoms with Crippen LogP contribution in [0.25, 0.3) is 10.4 Å². The summed E-state index contributed by atoms with van der Waals surface area (Å²) in [5, 5.41) is 3.34. The largest absolute Gasteiger partial charge is 0.456 e. The Morgan fingerprint density at radius 3 is 1.77 bits per heavy atom. The van der Waals surface area contributed by atoms with Crippen molar-refractivity contribution in [3.63, 3.8) is 0 Å². The Morgan fingerprint density at radius 1 is 0.846 bits per heavy atom. The van der Waals surface area contributed by atoms with Gasteiger partial charge in [-0.25, -0.2) is 0 Å². The second-order valence-electron chi connectivity index (χ2n) is 5.29. The van der Waals surface area contributed by atoms with E-state index in [1.54, 1.807) is 0 Å². The third kappa shape index (κ3) is 6.22. The van der Waals surface area contributed by atoms with E-state index < -0.39 is 54.6 Å². The van der Waals surface area contributed by atoms with E-state index in [9.17, 15) is 19.2 Å². The zero-order valence-electron chi connectivity index (χ0n) is 14.6. The fourth-order valence-corrected chi connectivity index (χ4v) is 2.38. The lowest BCUT2D eigenvalue weighted by Gasteiger charge is -2.43. The lowest BCUT2D eigenvalue weighted by molar-refractivity contribution is -0.293. The lowest BCUT2D eigenvalue weighted by atomic mass is 9.97. The van der Waals surface area contributed by atoms with Gasteiger partial charge < -0.3 is 23.7 Å². The molecule has 1 saturated heterocycles. The van der Waals surface area contributed by atoms with Crippen LogP contribution in [-0.4, -0.2) is 61.1 Å². The fourth-order valence-electron chi connectivity index (χ4n) is 2.38. The van der Waals surface area contributed by atoms with Crippen molar-refractivity contribution in [1.29, 1.82) is 0 Å². The highest BCUT2D eigenvalue weighted by atomic mass is 16.7. The molecule has 1 aliphatic heterocycles. The molecule has 0 aromatic rings. The summed E-state index contributed by atoms with van der Waals surface area (Å²) in [6, 6.07) is 0. The van der Waals surface area contributed by atoms with Crippen LogP contribution in [0.1, 0.15) is 27.7 Å². The molecular formula is C14H19N3O9. The van der Waals surface area contributed by atoms with Crippen LogP contribution in [0.4, 0.5) is 0 Å². The smallest absolute Gasteiger partial charge is 0.305 e. The highest BCUT2D eigenvalue weighted by molar-refractivity contribution is 5.69. The number of rotatable bonds is 6. The second-order valence-corrected chi connectivity index (χ2v) is 5.29. The minimum absolute atomic E-state index is 0.323. The van der Waals surface area contributed by atoms with Gasteiger partial charge in [-0.05, 0) is 5.53 Å². The zero-order chi connectivity index (χ0) is 19.9.